The van der Waals surface area contributed by atoms with Gasteiger partial charge < -0.3 is 10.6 Å². The van der Waals surface area contributed by atoms with E-state index in [0.717, 1.165) is 54.7 Å². The maximum Gasteiger partial charge on any atom is 0.270 e. The van der Waals surface area contributed by atoms with E-state index < -0.39 is 6.04 Å². The molecule has 0 spiro atoms. The molecule has 1 atom stereocenters. The summed E-state index contributed by atoms with van der Waals surface area (Å²) < 4.78 is 1.69. The fourth-order valence-corrected chi connectivity index (χ4v) is 5.26. The van der Waals surface area contributed by atoms with Crippen molar-refractivity contribution in [1.82, 2.24) is 30.3 Å². The Hall–Kier alpha value is -3.49. The number of anilines is 1. The summed E-state index contributed by atoms with van der Waals surface area (Å²) in [5, 5.41) is 17.8. The minimum atomic E-state index is -0.601. The first kappa shape index (κ1) is 24.2. The Bertz CT molecular complexity index is 1220. The molecule has 0 radical (unpaired) electrons. The Kier molecular flexibility index (Phi) is 6.64. The molecule has 190 valence electrons. The molecule has 9 heteroatoms. The summed E-state index contributed by atoms with van der Waals surface area (Å²) in [6, 6.07) is 4.92. The van der Waals surface area contributed by atoms with Gasteiger partial charge in [-0.1, -0.05) is 6.92 Å². The van der Waals surface area contributed by atoms with Crippen LogP contribution in [0, 0.1) is 24.7 Å². The smallest absolute Gasteiger partial charge is 0.270 e. The zero-order valence-corrected chi connectivity index (χ0v) is 21.4. The summed E-state index contributed by atoms with van der Waals surface area (Å²) in [7, 11) is 0. The van der Waals surface area contributed by atoms with Gasteiger partial charge in [-0.2, -0.15) is 10.2 Å². The molecule has 0 unspecified atom stereocenters. The monoisotopic (exact) mass is 489 g/mol. The number of pyridine rings is 1. The molecule has 0 saturated heterocycles. The lowest BCUT2D eigenvalue weighted by atomic mass is 9.88. The van der Waals surface area contributed by atoms with Gasteiger partial charge in [-0.05, 0) is 88.8 Å². The van der Waals surface area contributed by atoms with E-state index in [0.29, 0.717) is 23.2 Å². The molecular weight excluding hydrogens is 454 g/mol. The third kappa shape index (κ3) is 4.92. The van der Waals surface area contributed by atoms with Crippen molar-refractivity contribution in [1.29, 1.82) is 0 Å². The average Bonchev–Trinajstić information content (AvgIpc) is 3.79. The number of aryl methyl sites for hydroxylation is 2. The van der Waals surface area contributed by atoms with Crippen LogP contribution < -0.4 is 10.6 Å². The average molecular weight is 490 g/mol. The molecule has 36 heavy (non-hydrogen) atoms. The van der Waals surface area contributed by atoms with E-state index in [1.165, 1.54) is 0 Å². The minimum absolute atomic E-state index is 0.0485. The topological polar surface area (TPSA) is 118 Å². The quantitative estimate of drug-likeness (QED) is 0.393. The second kappa shape index (κ2) is 9.87. The molecule has 0 aliphatic heterocycles. The Morgan fingerprint density at radius 2 is 1.86 bits per heavy atom. The summed E-state index contributed by atoms with van der Waals surface area (Å²) in [6.45, 7) is 7.99. The maximum absolute atomic E-state index is 13.6. The fraction of sp³-hybridized carbons (Fsp3) is 0.519. The van der Waals surface area contributed by atoms with Crippen LogP contribution in [0.2, 0.25) is 0 Å². The van der Waals surface area contributed by atoms with Gasteiger partial charge in [0.2, 0.25) is 5.91 Å². The molecule has 3 heterocycles. The van der Waals surface area contributed by atoms with Crippen LogP contribution in [0.5, 0.6) is 0 Å². The molecule has 2 aliphatic carbocycles. The zero-order chi connectivity index (χ0) is 25.4. The summed E-state index contributed by atoms with van der Waals surface area (Å²) in [5.74, 6) is 0.674. The van der Waals surface area contributed by atoms with Crippen LogP contribution in [0.25, 0.3) is 11.3 Å². The fourth-order valence-electron chi connectivity index (χ4n) is 5.26. The summed E-state index contributed by atoms with van der Waals surface area (Å²) >= 11 is 0. The van der Waals surface area contributed by atoms with E-state index in [1.807, 2.05) is 32.9 Å². The standard InChI is InChI=1S/C27H35N7O2/c1-5-20-23(16(4)32-33-20)21-11-10-19(14-28-21)30-27(36)25(24(17-6-7-17)18-8-9-18)31-26(35)22-12-13-29-34(22)15(2)3/h10-15,17-18,24-25H,5-9H2,1-4H3,(H,30,36)(H,31,35)(H,32,33)/t25-/m0/s1. The summed E-state index contributed by atoms with van der Waals surface area (Å²) in [6.07, 6.45) is 8.60. The third-order valence-electron chi connectivity index (χ3n) is 7.34. The molecule has 5 rings (SSSR count). The molecule has 2 saturated carbocycles. The SMILES string of the molecule is CCc1[nH]nc(C)c1-c1ccc(NC(=O)[C@@H](NC(=O)c2ccnn2C(C)C)C(C2CC2)C2CC2)cn1. The molecular formula is C27H35N7O2. The highest BCUT2D eigenvalue weighted by Crippen LogP contribution is 2.51. The van der Waals surface area contributed by atoms with E-state index in [-0.39, 0.29) is 23.8 Å². The van der Waals surface area contributed by atoms with Crippen LogP contribution in [0.1, 0.15) is 74.4 Å². The van der Waals surface area contributed by atoms with Crippen LogP contribution >= 0.6 is 0 Å². The second-order valence-electron chi connectivity index (χ2n) is 10.4. The predicted molar refractivity (Wildman–Crippen MR) is 137 cm³/mol. The molecule has 0 bridgehead atoms. The van der Waals surface area contributed by atoms with Crippen molar-refractivity contribution in [3.8, 4) is 11.3 Å². The van der Waals surface area contributed by atoms with Crippen LogP contribution in [0.15, 0.2) is 30.6 Å². The maximum atomic E-state index is 13.6. The molecule has 2 amide bonds. The van der Waals surface area contributed by atoms with Gasteiger partial charge in [0.15, 0.2) is 0 Å². The summed E-state index contributed by atoms with van der Waals surface area (Å²) in [4.78, 5) is 31.5. The highest BCUT2D eigenvalue weighted by molar-refractivity contribution is 6.00. The molecule has 0 aromatic carbocycles. The number of rotatable bonds is 10. The van der Waals surface area contributed by atoms with E-state index in [4.69, 9.17) is 0 Å². The molecule has 3 aromatic heterocycles. The van der Waals surface area contributed by atoms with Gasteiger partial charge in [0, 0.05) is 23.5 Å². The highest BCUT2D eigenvalue weighted by atomic mass is 16.2. The largest absolute Gasteiger partial charge is 0.339 e. The van der Waals surface area contributed by atoms with E-state index in [1.54, 1.807) is 23.1 Å². The van der Waals surface area contributed by atoms with E-state index >= 15 is 0 Å². The highest BCUT2D eigenvalue weighted by Gasteiger charge is 2.48. The third-order valence-corrected chi connectivity index (χ3v) is 7.34. The van der Waals surface area contributed by atoms with Crippen molar-refractivity contribution in [3.05, 3.63) is 47.7 Å². The molecule has 3 N–H and O–H groups in total. The van der Waals surface area contributed by atoms with Crippen LogP contribution in [0.4, 0.5) is 5.69 Å². The van der Waals surface area contributed by atoms with Crippen molar-refractivity contribution in [2.75, 3.05) is 5.32 Å². The molecule has 2 fully saturated rings. The first-order valence-electron chi connectivity index (χ1n) is 13.0. The Labute approximate surface area is 211 Å². The van der Waals surface area contributed by atoms with Gasteiger partial charge in [0.1, 0.15) is 11.7 Å². The first-order chi connectivity index (χ1) is 17.4. The number of hydrogen-bond acceptors (Lipinski definition) is 5. The second-order valence-corrected chi connectivity index (χ2v) is 10.4. The van der Waals surface area contributed by atoms with Crippen molar-refractivity contribution < 1.29 is 9.59 Å². The molecule has 2 aliphatic rings. The summed E-state index contributed by atoms with van der Waals surface area (Å²) in [5.41, 5.74) is 4.84. The molecule has 3 aromatic rings. The van der Waals surface area contributed by atoms with Crippen molar-refractivity contribution >= 4 is 17.5 Å². The number of hydrogen-bond donors (Lipinski definition) is 3. The van der Waals surface area contributed by atoms with Crippen molar-refractivity contribution in [2.45, 2.75) is 71.9 Å². The number of nitrogens with zero attached hydrogens (tertiary/aromatic N) is 4. The van der Waals surface area contributed by atoms with Crippen LogP contribution in [0.3, 0.4) is 0 Å². The lowest BCUT2D eigenvalue weighted by molar-refractivity contribution is -0.119. The Morgan fingerprint density at radius 3 is 2.44 bits per heavy atom. The minimum Gasteiger partial charge on any atom is -0.339 e. The number of amides is 2. The molecule has 9 nitrogen and oxygen atoms in total. The first-order valence-corrected chi connectivity index (χ1v) is 13.0. The number of nitrogens with one attached hydrogen (secondary N) is 3. The van der Waals surface area contributed by atoms with Gasteiger partial charge in [0.05, 0.1) is 23.3 Å². The van der Waals surface area contributed by atoms with Gasteiger partial charge in [-0.25, -0.2) is 0 Å². The van der Waals surface area contributed by atoms with Crippen molar-refractivity contribution in [3.63, 3.8) is 0 Å². The number of aromatic nitrogens is 5. The zero-order valence-electron chi connectivity index (χ0n) is 21.4. The van der Waals surface area contributed by atoms with Gasteiger partial charge >= 0.3 is 0 Å². The Morgan fingerprint density at radius 1 is 1.14 bits per heavy atom. The number of aromatic amines is 1. The predicted octanol–water partition coefficient (Wildman–Crippen LogP) is 4.29. The van der Waals surface area contributed by atoms with Crippen LogP contribution in [-0.4, -0.2) is 42.8 Å². The van der Waals surface area contributed by atoms with E-state index in [2.05, 4.69) is 37.8 Å². The van der Waals surface area contributed by atoms with Gasteiger partial charge in [0.25, 0.3) is 5.91 Å². The van der Waals surface area contributed by atoms with Crippen molar-refractivity contribution in [2.24, 2.45) is 17.8 Å². The number of H-pyrrole nitrogens is 1. The van der Waals surface area contributed by atoms with Gasteiger partial charge in [-0.15, -0.1) is 0 Å². The van der Waals surface area contributed by atoms with E-state index in [9.17, 15) is 9.59 Å². The number of carbonyl (C=O) groups is 2. The lowest BCUT2D eigenvalue weighted by Crippen LogP contribution is -2.50. The van der Waals surface area contributed by atoms with Crippen LogP contribution in [-0.2, 0) is 11.2 Å². The van der Waals surface area contributed by atoms with Gasteiger partial charge in [-0.3, -0.25) is 24.4 Å². The normalized spacial score (nSPS) is 16.4. The lowest BCUT2D eigenvalue weighted by Gasteiger charge is -2.27. The Balaban J connectivity index is 1.36. The number of carbonyl (C=O) groups excluding carboxylic acids is 2.